The minimum Gasteiger partial charge on any atom is -0.479 e. The normalized spacial score (nSPS) is 18.9. The second-order valence-corrected chi connectivity index (χ2v) is 19.5. The molecule has 6 atom stereocenters. The number of carboxylic acids is 1. The van der Waals surface area contributed by atoms with E-state index in [1.54, 1.807) is 0 Å². The SMILES string of the molecule is CC/C=C\C/C=C\C/C=C\C/C=C\CCCCCCC(=O)OCC(COC1OC(C(=O)O)C(O)C(O)C1OC(=O)CCCC/C=C\C/C=C\C/C=C\C/C=C\CC)OC(=O)CCCCCC/C=C\C/C=C\C/C=C\C/C=C\CC. The minimum absolute atomic E-state index is 0.00612. The molecule has 0 aromatic carbocycles. The number of carbonyl (C=O) groups excluding carboxylic acids is 3. The molecule has 0 spiro atoms. The molecule has 12 heteroatoms. The Morgan fingerprint density at radius 2 is 0.759 bits per heavy atom. The molecule has 1 aliphatic heterocycles. The van der Waals surface area contributed by atoms with Gasteiger partial charge in [0.15, 0.2) is 24.6 Å². The van der Waals surface area contributed by atoms with Gasteiger partial charge in [-0.2, -0.15) is 0 Å². The molecule has 0 bridgehead atoms. The fourth-order valence-electron chi connectivity index (χ4n) is 7.93. The van der Waals surface area contributed by atoms with E-state index in [2.05, 4.69) is 167 Å². The van der Waals surface area contributed by atoms with Gasteiger partial charge in [0.1, 0.15) is 18.8 Å². The number of carbonyl (C=O) groups is 4. The monoisotopic (exact) mass is 1100 g/mol. The molecule has 0 aromatic rings. The molecule has 3 N–H and O–H groups in total. The number of ether oxygens (including phenoxy) is 5. The highest BCUT2D eigenvalue weighted by molar-refractivity contribution is 5.74. The number of aliphatic hydroxyl groups is 2. The number of rotatable bonds is 48. The molecule has 0 aliphatic carbocycles. The van der Waals surface area contributed by atoms with E-state index in [-0.39, 0.29) is 25.9 Å². The predicted octanol–water partition coefficient (Wildman–Crippen LogP) is 15.6. The fourth-order valence-corrected chi connectivity index (χ4v) is 7.93. The number of hydrogen-bond donors (Lipinski definition) is 3. The van der Waals surface area contributed by atoms with Gasteiger partial charge in [0, 0.05) is 19.3 Å². The third kappa shape index (κ3) is 43.1. The van der Waals surface area contributed by atoms with Crippen molar-refractivity contribution in [2.75, 3.05) is 13.2 Å². The Labute approximate surface area is 476 Å². The second-order valence-electron chi connectivity index (χ2n) is 19.5. The highest BCUT2D eigenvalue weighted by atomic mass is 16.7. The average molecular weight is 1100 g/mol. The maximum absolute atomic E-state index is 13.2. The van der Waals surface area contributed by atoms with Crippen molar-refractivity contribution in [3.63, 3.8) is 0 Å². The van der Waals surface area contributed by atoms with Crippen molar-refractivity contribution >= 4 is 23.9 Å². The number of aliphatic carboxylic acids is 1. The fraction of sp³-hybridized carbons (Fsp3) is 0.582. The lowest BCUT2D eigenvalue weighted by atomic mass is 9.98. The van der Waals surface area contributed by atoms with Gasteiger partial charge >= 0.3 is 23.9 Å². The van der Waals surface area contributed by atoms with Gasteiger partial charge in [-0.3, -0.25) is 14.4 Å². The smallest absolute Gasteiger partial charge is 0.335 e. The number of hydrogen-bond acceptors (Lipinski definition) is 11. The van der Waals surface area contributed by atoms with Gasteiger partial charge in [-0.25, -0.2) is 4.79 Å². The Bertz CT molecular complexity index is 1930. The Morgan fingerprint density at radius 1 is 0.418 bits per heavy atom. The van der Waals surface area contributed by atoms with Gasteiger partial charge in [-0.05, 0) is 135 Å². The van der Waals surface area contributed by atoms with Crippen LogP contribution in [0.3, 0.4) is 0 Å². The zero-order chi connectivity index (χ0) is 57.5. The summed E-state index contributed by atoms with van der Waals surface area (Å²) in [6.07, 6.45) is 63.8. The molecule has 0 aromatic heterocycles. The molecule has 0 amide bonds. The van der Waals surface area contributed by atoms with Crippen molar-refractivity contribution < 1.29 is 58.2 Å². The van der Waals surface area contributed by atoms with E-state index in [1.165, 1.54) is 0 Å². The van der Waals surface area contributed by atoms with E-state index in [1.807, 2.05) is 0 Å². The van der Waals surface area contributed by atoms with Crippen molar-refractivity contribution in [1.29, 1.82) is 0 Å². The molecular weight excluding hydrogens is 997 g/mol. The van der Waals surface area contributed by atoms with Gasteiger partial charge in [0.25, 0.3) is 0 Å². The number of esters is 3. The molecule has 79 heavy (non-hydrogen) atoms. The maximum atomic E-state index is 13.2. The van der Waals surface area contributed by atoms with Crippen LogP contribution in [0.4, 0.5) is 0 Å². The highest BCUT2D eigenvalue weighted by Gasteiger charge is 2.50. The van der Waals surface area contributed by atoms with Gasteiger partial charge in [0.2, 0.25) is 0 Å². The first-order valence-electron chi connectivity index (χ1n) is 29.8. The van der Waals surface area contributed by atoms with Crippen LogP contribution in [0.15, 0.2) is 146 Å². The first-order chi connectivity index (χ1) is 38.6. The van der Waals surface area contributed by atoms with E-state index in [0.717, 1.165) is 135 Å². The molecule has 1 aliphatic rings. The second kappa shape index (κ2) is 53.3. The topological polar surface area (TPSA) is 175 Å². The summed E-state index contributed by atoms with van der Waals surface area (Å²) >= 11 is 0. The third-order valence-electron chi connectivity index (χ3n) is 12.4. The Morgan fingerprint density at radius 3 is 1.16 bits per heavy atom. The quantitative estimate of drug-likeness (QED) is 0.0228. The molecular formula is C67H102O12. The Hall–Kier alpha value is -5.40. The van der Waals surface area contributed by atoms with Gasteiger partial charge < -0.3 is 39.0 Å². The van der Waals surface area contributed by atoms with E-state index < -0.39 is 67.3 Å². The molecule has 0 radical (unpaired) electrons. The van der Waals surface area contributed by atoms with Crippen molar-refractivity contribution in [2.45, 2.75) is 237 Å². The zero-order valence-electron chi connectivity index (χ0n) is 48.5. The number of aliphatic hydroxyl groups excluding tert-OH is 2. The molecule has 1 rings (SSSR count). The minimum atomic E-state index is -1.93. The summed E-state index contributed by atoms with van der Waals surface area (Å²) in [7, 11) is 0. The Kier molecular flexibility index (Phi) is 48.3. The predicted molar refractivity (Wildman–Crippen MR) is 321 cm³/mol. The molecule has 0 saturated carbocycles. The zero-order valence-corrected chi connectivity index (χ0v) is 48.5. The van der Waals surface area contributed by atoms with E-state index in [4.69, 9.17) is 23.7 Å². The van der Waals surface area contributed by atoms with E-state index in [0.29, 0.717) is 25.7 Å². The lowest BCUT2D eigenvalue weighted by Crippen LogP contribution is -2.61. The van der Waals surface area contributed by atoms with Crippen LogP contribution in [0.2, 0.25) is 0 Å². The molecule has 12 nitrogen and oxygen atoms in total. The molecule has 1 fully saturated rings. The third-order valence-corrected chi connectivity index (χ3v) is 12.4. The van der Waals surface area contributed by atoms with E-state index in [9.17, 15) is 34.5 Å². The number of unbranched alkanes of at least 4 members (excludes halogenated alkanes) is 10. The molecule has 442 valence electrons. The van der Waals surface area contributed by atoms with Crippen LogP contribution in [0.1, 0.15) is 201 Å². The van der Waals surface area contributed by atoms with Crippen molar-refractivity contribution in [2.24, 2.45) is 0 Å². The van der Waals surface area contributed by atoms with Gasteiger partial charge in [-0.15, -0.1) is 0 Å². The van der Waals surface area contributed by atoms with Gasteiger partial charge in [0.05, 0.1) is 6.61 Å². The average Bonchev–Trinajstić information content (AvgIpc) is 3.46. The summed E-state index contributed by atoms with van der Waals surface area (Å²) in [5.74, 6) is -3.27. The first-order valence-corrected chi connectivity index (χ1v) is 29.8. The lowest BCUT2D eigenvalue weighted by molar-refractivity contribution is -0.301. The summed E-state index contributed by atoms with van der Waals surface area (Å²) in [6.45, 7) is 5.57. The highest BCUT2D eigenvalue weighted by Crippen LogP contribution is 2.26. The van der Waals surface area contributed by atoms with Crippen LogP contribution in [-0.2, 0) is 42.9 Å². The molecule has 1 saturated heterocycles. The summed E-state index contributed by atoms with van der Waals surface area (Å²) < 4.78 is 28.4. The largest absolute Gasteiger partial charge is 0.479 e. The summed E-state index contributed by atoms with van der Waals surface area (Å²) in [6, 6.07) is 0. The van der Waals surface area contributed by atoms with Crippen LogP contribution >= 0.6 is 0 Å². The lowest BCUT2D eigenvalue weighted by Gasteiger charge is -2.40. The summed E-state index contributed by atoms with van der Waals surface area (Å²) in [5, 5.41) is 31.5. The van der Waals surface area contributed by atoms with Crippen molar-refractivity contribution in [1.82, 2.24) is 0 Å². The van der Waals surface area contributed by atoms with Gasteiger partial charge in [-0.1, -0.05) is 192 Å². The van der Waals surface area contributed by atoms with Crippen molar-refractivity contribution in [3.05, 3.63) is 146 Å². The summed E-state index contributed by atoms with van der Waals surface area (Å²) in [4.78, 5) is 51.2. The number of carboxylic acid groups (broad SMARTS) is 1. The van der Waals surface area contributed by atoms with Crippen LogP contribution < -0.4 is 0 Å². The molecule has 6 unspecified atom stereocenters. The van der Waals surface area contributed by atoms with Crippen LogP contribution in [-0.4, -0.2) is 89.2 Å². The summed E-state index contributed by atoms with van der Waals surface area (Å²) in [5.41, 5.74) is 0. The Balaban J connectivity index is 2.77. The number of allylic oxidation sites excluding steroid dienone is 24. The first kappa shape index (κ1) is 71.6. The molecule has 1 heterocycles. The van der Waals surface area contributed by atoms with Crippen LogP contribution in [0.5, 0.6) is 0 Å². The van der Waals surface area contributed by atoms with Crippen molar-refractivity contribution in [3.8, 4) is 0 Å². The van der Waals surface area contributed by atoms with E-state index >= 15 is 0 Å². The van der Waals surface area contributed by atoms with Crippen LogP contribution in [0, 0.1) is 0 Å². The maximum Gasteiger partial charge on any atom is 0.335 e. The standard InChI is InChI=1S/C67H102O12/c1-4-7-10-13-16-19-22-25-28-30-33-35-38-41-44-47-50-53-59(68)75-56-58(77-60(69)54-51-48-45-42-39-37-34-31-29-26-23-20-17-14-11-8-5-2)57-76-67-65(63(72)62(71)64(79-67)66(73)74)78-61(70)55-52-49-46-43-40-36-32-27-24-21-18-15-12-9-6-3/h7-12,16-21,25-29,32-35,37,40,43,58,62-65,67,71-72H,4-6,13-15,22-24,30-31,36,38-39,41-42,44-57H2,1-3H3,(H,73,74)/b10-7-,11-8-,12-9-,19-16-,20-17-,21-18-,28-25-,29-26-,32-27-,35-33-,37-34-,43-40-. The van der Waals surface area contributed by atoms with Crippen LogP contribution in [0.25, 0.3) is 0 Å².